The maximum atomic E-state index is 13.0. The van der Waals surface area contributed by atoms with Gasteiger partial charge in [0.2, 0.25) is 5.75 Å². The third-order valence-corrected chi connectivity index (χ3v) is 4.45. The third-order valence-electron chi connectivity index (χ3n) is 4.45. The van der Waals surface area contributed by atoms with Crippen LogP contribution in [-0.4, -0.2) is 44.6 Å². The van der Waals surface area contributed by atoms with Crippen molar-refractivity contribution in [3.63, 3.8) is 0 Å². The zero-order chi connectivity index (χ0) is 25.5. The Hall–Kier alpha value is -3.99. The molecule has 34 heavy (non-hydrogen) atoms. The lowest BCUT2D eigenvalue weighted by atomic mass is 10.00. The summed E-state index contributed by atoms with van der Waals surface area (Å²) in [5.41, 5.74) is 2.07. The number of halogens is 3. The molecule has 0 bridgehead atoms. The number of benzene rings is 2. The fraction of sp³-hybridized carbons (Fsp3) is 0.217. The van der Waals surface area contributed by atoms with Gasteiger partial charge < -0.3 is 18.9 Å². The quantitative estimate of drug-likeness (QED) is 0.237. The number of hydroxylamine groups is 1. The van der Waals surface area contributed by atoms with Crippen LogP contribution in [0.4, 0.5) is 13.2 Å². The number of ether oxygens (including phenoxy) is 4. The average molecular weight is 481 g/mol. The van der Waals surface area contributed by atoms with E-state index in [0.717, 1.165) is 18.2 Å². The summed E-state index contributed by atoms with van der Waals surface area (Å²) in [5.74, 6) is -1.05. The number of Topliss-reactive ketones (excluding diaryl/α,β-unsaturated/α-hetero) is 1. The maximum absolute atomic E-state index is 13.0. The Bertz CT molecular complexity index is 1100. The van der Waals surface area contributed by atoms with Crippen LogP contribution in [-0.2, 0) is 4.79 Å². The van der Waals surface area contributed by atoms with Crippen molar-refractivity contribution in [2.75, 3.05) is 21.3 Å². The van der Waals surface area contributed by atoms with Gasteiger partial charge in [0.05, 0.1) is 21.3 Å². The van der Waals surface area contributed by atoms with Gasteiger partial charge in [0.15, 0.2) is 17.3 Å². The molecular formula is C23H22F3NO7. The Morgan fingerprint density at radius 3 is 2.09 bits per heavy atom. The first-order valence-electron chi connectivity index (χ1n) is 9.57. The van der Waals surface area contributed by atoms with Crippen LogP contribution in [0.25, 0.3) is 12.2 Å². The fourth-order valence-corrected chi connectivity index (χ4v) is 2.96. The van der Waals surface area contributed by atoms with Gasteiger partial charge in [-0.2, -0.15) is 0 Å². The van der Waals surface area contributed by atoms with Crippen molar-refractivity contribution in [1.82, 2.24) is 5.48 Å². The van der Waals surface area contributed by atoms with Gasteiger partial charge in [-0.3, -0.25) is 14.8 Å². The van der Waals surface area contributed by atoms with Crippen LogP contribution >= 0.6 is 0 Å². The van der Waals surface area contributed by atoms with Crippen molar-refractivity contribution in [3.8, 4) is 23.0 Å². The van der Waals surface area contributed by atoms with Crippen molar-refractivity contribution < 1.29 is 46.9 Å². The summed E-state index contributed by atoms with van der Waals surface area (Å²) < 4.78 is 57.9. The molecule has 0 aliphatic heterocycles. The van der Waals surface area contributed by atoms with E-state index in [4.69, 9.17) is 19.4 Å². The van der Waals surface area contributed by atoms with E-state index in [9.17, 15) is 22.8 Å². The SMILES string of the molecule is COc1cc(C(=O)/C(C)=C/c2ccc(OC(F)(F)F)c(/C=C/C(=O)NO)c2)cc(OC)c1OC. The molecule has 1 amide bonds. The zero-order valence-corrected chi connectivity index (χ0v) is 18.6. The molecule has 2 N–H and O–H groups in total. The van der Waals surface area contributed by atoms with Crippen LogP contribution in [0.3, 0.4) is 0 Å². The van der Waals surface area contributed by atoms with Crippen LogP contribution in [0.1, 0.15) is 28.4 Å². The minimum atomic E-state index is -4.96. The Morgan fingerprint density at radius 1 is 0.971 bits per heavy atom. The molecule has 0 unspecified atom stereocenters. The molecule has 0 heterocycles. The molecule has 0 saturated heterocycles. The monoisotopic (exact) mass is 481 g/mol. The number of hydrogen-bond acceptors (Lipinski definition) is 7. The highest BCUT2D eigenvalue weighted by molar-refractivity contribution is 6.11. The fourth-order valence-electron chi connectivity index (χ4n) is 2.96. The van der Waals surface area contributed by atoms with Crippen LogP contribution in [0.5, 0.6) is 23.0 Å². The molecule has 0 aliphatic rings. The first-order chi connectivity index (χ1) is 16.0. The van der Waals surface area contributed by atoms with E-state index in [1.165, 1.54) is 64.1 Å². The van der Waals surface area contributed by atoms with Gasteiger partial charge in [-0.1, -0.05) is 6.07 Å². The van der Waals surface area contributed by atoms with E-state index in [0.29, 0.717) is 11.3 Å². The Kier molecular flexibility index (Phi) is 8.68. The van der Waals surface area contributed by atoms with Crippen molar-refractivity contribution in [3.05, 3.63) is 58.7 Å². The van der Waals surface area contributed by atoms with Crippen molar-refractivity contribution in [1.29, 1.82) is 0 Å². The minimum Gasteiger partial charge on any atom is -0.493 e. The normalized spacial score (nSPS) is 11.8. The molecule has 0 fully saturated rings. The highest BCUT2D eigenvalue weighted by Gasteiger charge is 2.32. The van der Waals surface area contributed by atoms with Gasteiger partial charge >= 0.3 is 6.36 Å². The standard InChI is InChI=1S/C23H22F3NO7/c1-13(21(29)16-11-18(31-2)22(33-4)19(12-16)32-3)9-14-5-7-17(34-23(24,25)26)15(10-14)6-8-20(28)27-30/h5-12,30H,1-4H3,(H,27,28)/b8-6+,13-9+. The van der Waals surface area contributed by atoms with E-state index in [-0.39, 0.29) is 28.2 Å². The highest BCUT2D eigenvalue weighted by Crippen LogP contribution is 2.39. The number of carbonyl (C=O) groups is 2. The minimum absolute atomic E-state index is 0.109. The van der Waals surface area contributed by atoms with Gasteiger partial charge in [-0.15, -0.1) is 13.2 Å². The number of carbonyl (C=O) groups excluding carboxylic acids is 2. The van der Waals surface area contributed by atoms with E-state index in [2.05, 4.69) is 4.74 Å². The molecule has 0 saturated carbocycles. The van der Waals surface area contributed by atoms with Gasteiger partial charge in [0.1, 0.15) is 5.75 Å². The summed E-state index contributed by atoms with van der Waals surface area (Å²) in [5, 5.41) is 8.58. The third kappa shape index (κ3) is 6.75. The second-order valence-corrected chi connectivity index (χ2v) is 6.72. The van der Waals surface area contributed by atoms with Gasteiger partial charge in [-0.25, -0.2) is 5.48 Å². The molecule has 8 nitrogen and oxygen atoms in total. The van der Waals surface area contributed by atoms with Gasteiger partial charge in [-0.05, 0) is 54.5 Å². The Labute approximate surface area is 193 Å². The lowest BCUT2D eigenvalue weighted by Crippen LogP contribution is -2.18. The molecule has 11 heteroatoms. The molecule has 2 aromatic rings. The predicted molar refractivity (Wildman–Crippen MR) is 116 cm³/mol. The molecule has 182 valence electrons. The van der Waals surface area contributed by atoms with Crippen molar-refractivity contribution in [2.45, 2.75) is 13.3 Å². The molecular weight excluding hydrogens is 459 g/mol. The van der Waals surface area contributed by atoms with Crippen LogP contribution in [0, 0.1) is 0 Å². The molecule has 2 aromatic carbocycles. The number of nitrogens with one attached hydrogen (secondary N) is 1. The first kappa shape index (κ1) is 26.3. The summed E-state index contributed by atoms with van der Waals surface area (Å²) in [6, 6.07) is 6.60. The summed E-state index contributed by atoms with van der Waals surface area (Å²) in [4.78, 5) is 24.2. The number of ketones is 1. The number of amides is 1. The molecule has 0 radical (unpaired) electrons. The number of methoxy groups -OCH3 is 3. The number of rotatable bonds is 9. The van der Waals surface area contributed by atoms with E-state index in [1.807, 2.05) is 0 Å². The zero-order valence-electron chi connectivity index (χ0n) is 18.6. The topological polar surface area (TPSA) is 103 Å². The van der Waals surface area contributed by atoms with Crippen LogP contribution in [0.15, 0.2) is 42.0 Å². The largest absolute Gasteiger partial charge is 0.573 e. The molecule has 0 spiro atoms. The lowest BCUT2D eigenvalue weighted by molar-refractivity contribution is -0.274. The smallest absolute Gasteiger partial charge is 0.493 e. The number of allylic oxidation sites excluding steroid dienone is 1. The summed E-state index contributed by atoms with van der Waals surface area (Å²) in [7, 11) is 4.24. The summed E-state index contributed by atoms with van der Waals surface area (Å²) in [6.07, 6.45) is -1.66. The van der Waals surface area contributed by atoms with Gasteiger partial charge in [0, 0.05) is 17.2 Å². The van der Waals surface area contributed by atoms with Crippen molar-refractivity contribution in [2.24, 2.45) is 0 Å². The molecule has 0 atom stereocenters. The summed E-state index contributed by atoms with van der Waals surface area (Å²) in [6.45, 7) is 1.53. The van der Waals surface area contributed by atoms with Crippen LogP contribution < -0.4 is 24.4 Å². The Balaban J connectivity index is 2.46. The second kappa shape index (κ2) is 11.2. The van der Waals surface area contributed by atoms with E-state index >= 15 is 0 Å². The number of alkyl halides is 3. The maximum Gasteiger partial charge on any atom is 0.573 e. The number of hydrogen-bond donors (Lipinski definition) is 2. The highest BCUT2D eigenvalue weighted by atomic mass is 19.4. The van der Waals surface area contributed by atoms with Gasteiger partial charge in [0.25, 0.3) is 5.91 Å². The van der Waals surface area contributed by atoms with Crippen LogP contribution in [0.2, 0.25) is 0 Å². The second-order valence-electron chi connectivity index (χ2n) is 6.72. The summed E-state index contributed by atoms with van der Waals surface area (Å²) >= 11 is 0. The first-order valence-corrected chi connectivity index (χ1v) is 9.57. The van der Waals surface area contributed by atoms with E-state index < -0.39 is 23.8 Å². The van der Waals surface area contributed by atoms with Crippen molar-refractivity contribution >= 4 is 23.8 Å². The molecule has 0 aliphatic carbocycles. The lowest BCUT2D eigenvalue weighted by Gasteiger charge is -2.14. The molecule has 2 rings (SSSR count). The average Bonchev–Trinajstić information content (AvgIpc) is 2.81. The predicted octanol–water partition coefficient (Wildman–Crippen LogP) is 4.42. The van der Waals surface area contributed by atoms with E-state index in [1.54, 1.807) is 0 Å². The molecule has 0 aromatic heterocycles. The Morgan fingerprint density at radius 2 is 1.59 bits per heavy atom.